The number of nitrogens with zero attached hydrogens (tertiary/aromatic N) is 2. The van der Waals surface area contributed by atoms with Crippen LogP contribution in [-0.4, -0.2) is 19.0 Å². The Morgan fingerprint density at radius 2 is 2.04 bits per heavy atom. The average molecular weight is 384 g/mol. The number of anilines is 2. The summed E-state index contributed by atoms with van der Waals surface area (Å²) >= 11 is 5.90. The zero-order valence-corrected chi connectivity index (χ0v) is 15.7. The number of carbonyl (C=O) groups excluding carboxylic acids is 1. The predicted octanol–water partition coefficient (Wildman–Crippen LogP) is 4.93. The zero-order valence-electron chi connectivity index (χ0n) is 14.9. The lowest BCUT2D eigenvalue weighted by Gasteiger charge is -2.19. The first kappa shape index (κ1) is 18.9. The van der Waals surface area contributed by atoms with E-state index in [-0.39, 0.29) is 11.4 Å². The first-order chi connectivity index (χ1) is 13.0. The van der Waals surface area contributed by atoms with Crippen LogP contribution in [0.15, 0.2) is 42.0 Å². The Kier molecular flexibility index (Phi) is 5.78. The van der Waals surface area contributed by atoms with Gasteiger partial charge in [0.15, 0.2) is 0 Å². The van der Waals surface area contributed by atoms with Crippen molar-refractivity contribution >= 4 is 35.0 Å². The number of rotatable bonds is 4. The summed E-state index contributed by atoms with van der Waals surface area (Å²) < 4.78 is 14.6. The van der Waals surface area contributed by atoms with Crippen LogP contribution in [0.25, 0.3) is 6.08 Å². The van der Waals surface area contributed by atoms with Crippen LogP contribution in [0.3, 0.4) is 0 Å². The lowest BCUT2D eigenvalue weighted by molar-refractivity contribution is -0.112. The Morgan fingerprint density at radius 1 is 1.30 bits per heavy atom. The number of hydrogen-bond donors (Lipinski definition) is 1. The fraction of sp³-hybridized carbons (Fsp3) is 0.238. The Hall–Kier alpha value is -2.84. The van der Waals surface area contributed by atoms with E-state index in [4.69, 9.17) is 11.6 Å². The van der Waals surface area contributed by atoms with Crippen molar-refractivity contribution < 1.29 is 9.18 Å². The molecule has 1 N–H and O–H groups in total. The van der Waals surface area contributed by atoms with Gasteiger partial charge in [-0.2, -0.15) is 5.26 Å². The van der Waals surface area contributed by atoms with Gasteiger partial charge in [0.05, 0.1) is 5.69 Å². The molecule has 0 saturated carbocycles. The summed E-state index contributed by atoms with van der Waals surface area (Å²) in [6, 6.07) is 11.7. The molecule has 1 heterocycles. The summed E-state index contributed by atoms with van der Waals surface area (Å²) in [6.07, 6.45) is 3.52. The highest BCUT2D eigenvalue weighted by atomic mass is 35.5. The molecular formula is C21H19ClFN3O. The summed E-state index contributed by atoms with van der Waals surface area (Å²) in [6.45, 7) is 3.53. The minimum Gasteiger partial charge on any atom is -0.369 e. The van der Waals surface area contributed by atoms with Gasteiger partial charge in [0.25, 0.3) is 5.91 Å². The van der Waals surface area contributed by atoms with E-state index in [9.17, 15) is 14.4 Å². The van der Waals surface area contributed by atoms with Gasteiger partial charge in [-0.05, 0) is 67.3 Å². The SMILES string of the molecule is Cc1cc(N2CCCC2)c(F)cc1/C=C(/C#N)C(=O)Nc1cccc(Cl)c1. The highest BCUT2D eigenvalue weighted by Crippen LogP contribution is 2.28. The third-order valence-electron chi connectivity index (χ3n) is 4.53. The molecule has 138 valence electrons. The van der Waals surface area contributed by atoms with Gasteiger partial charge in [-0.3, -0.25) is 4.79 Å². The van der Waals surface area contributed by atoms with Crippen LogP contribution >= 0.6 is 11.6 Å². The van der Waals surface area contributed by atoms with Crippen molar-refractivity contribution in [2.24, 2.45) is 0 Å². The van der Waals surface area contributed by atoms with Crippen molar-refractivity contribution in [2.75, 3.05) is 23.3 Å². The van der Waals surface area contributed by atoms with Crippen LogP contribution in [0.5, 0.6) is 0 Å². The number of nitriles is 1. The molecule has 1 fully saturated rings. The normalized spacial score (nSPS) is 14.1. The number of amides is 1. The Labute approximate surface area is 162 Å². The molecule has 0 bridgehead atoms. The standard InChI is InChI=1S/C21H19ClFN3O/c1-14-9-20(26-7-2-3-8-26)19(23)11-15(14)10-16(13-24)21(27)25-18-6-4-5-17(22)12-18/h4-6,9-12H,2-3,7-8H2,1H3,(H,25,27)/b16-10-. The number of benzene rings is 2. The molecule has 2 aromatic carbocycles. The van der Waals surface area contributed by atoms with Gasteiger partial charge in [-0.15, -0.1) is 0 Å². The largest absolute Gasteiger partial charge is 0.369 e. The minimum absolute atomic E-state index is 0.105. The van der Waals surface area contributed by atoms with Crippen LogP contribution in [-0.2, 0) is 4.79 Å². The highest BCUT2D eigenvalue weighted by Gasteiger charge is 2.18. The van der Waals surface area contributed by atoms with E-state index in [1.807, 2.05) is 17.9 Å². The molecule has 0 radical (unpaired) electrons. The lowest BCUT2D eigenvalue weighted by Crippen LogP contribution is -2.19. The molecule has 6 heteroatoms. The van der Waals surface area contributed by atoms with Gasteiger partial charge in [0, 0.05) is 23.8 Å². The fourth-order valence-corrected chi connectivity index (χ4v) is 3.30. The summed E-state index contributed by atoms with van der Waals surface area (Å²) in [5.74, 6) is -0.913. The lowest BCUT2D eigenvalue weighted by atomic mass is 10.0. The van der Waals surface area contributed by atoms with Gasteiger partial charge in [-0.25, -0.2) is 4.39 Å². The molecular weight excluding hydrogens is 365 g/mol. The molecule has 0 aromatic heterocycles. The van der Waals surface area contributed by atoms with E-state index < -0.39 is 5.91 Å². The number of hydrogen-bond acceptors (Lipinski definition) is 3. The van der Waals surface area contributed by atoms with E-state index in [0.29, 0.717) is 22.0 Å². The van der Waals surface area contributed by atoms with Gasteiger partial charge in [0.2, 0.25) is 0 Å². The molecule has 0 unspecified atom stereocenters. The molecule has 4 nitrogen and oxygen atoms in total. The van der Waals surface area contributed by atoms with E-state index >= 15 is 0 Å². The van der Waals surface area contributed by atoms with Crippen LogP contribution in [0, 0.1) is 24.1 Å². The van der Waals surface area contributed by atoms with E-state index in [1.54, 1.807) is 30.3 Å². The molecule has 3 rings (SSSR count). The van der Waals surface area contributed by atoms with Gasteiger partial charge in [0.1, 0.15) is 17.5 Å². The van der Waals surface area contributed by atoms with Crippen LogP contribution in [0.2, 0.25) is 5.02 Å². The number of carbonyl (C=O) groups is 1. The summed E-state index contributed by atoms with van der Waals surface area (Å²) in [7, 11) is 0. The van der Waals surface area contributed by atoms with Crippen molar-refractivity contribution in [1.29, 1.82) is 5.26 Å². The summed E-state index contributed by atoms with van der Waals surface area (Å²) in [5, 5.41) is 12.5. The Morgan fingerprint density at radius 3 is 2.70 bits per heavy atom. The minimum atomic E-state index is -0.566. The van der Waals surface area contributed by atoms with Crippen molar-refractivity contribution in [1.82, 2.24) is 0 Å². The van der Waals surface area contributed by atoms with E-state index in [1.165, 1.54) is 12.1 Å². The van der Waals surface area contributed by atoms with Gasteiger partial charge >= 0.3 is 0 Å². The predicted molar refractivity (Wildman–Crippen MR) is 106 cm³/mol. The van der Waals surface area contributed by atoms with Crippen molar-refractivity contribution in [3.8, 4) is 6.07 Å². The second-order valence-electron chi connectivity index (χ2n) is 6.49. The smallest absolute Gasteiger partial charge is 0.266 e. The quantitative estimate of drug-likeness (QED) is 0.601. The zero-order chi connectivity index (χ0) is 19.4. The number of halogens is 2. The van der Waals surface area contributed by atoms with E-state index in [0.717, 1.165) is 31.5 Å². The maximum Gasteiger partial charge on any atom is 0.266 e. The molecule has 1 amide bonds. The topological polar surface area (TPSA) is 56.1 Å². The van der Waals surface area contributed by atoms with Crippen molar-refractivity contribution in [2.45, 2.75) is 19.8 Å². The molecule has 2 aromatic rings. The highest BCUT2D eigenvalue weighted by molar-refractivity contribution is 6.31. The van der Waals surface area contributed by atoms with Crippen LogP contribution in [0.4, 0.5) is 15.8 Å². The Bertz CT molecular complexity index is 943. The second-order valence-corrected chi connectivity index (χ2v) is 6.93. The molecule has 0 spiro atoms. The second kappa shape index (κ2) is 8.24. The van der Waals surface area contributed by atoms with E-state index in [2.05, 4.69) is 5.32 Å². The van der Waals surface area contributed by atoms with Gasteiger partial charge in [-0.1, -0.05) is 17.7 Å². The molecule has 0 aliphatic carbocycles. The fourth-order valence-electron chi connectivity index (χ4n) is 3.11. The Balaban J connectivity index is 1.85. The monoisotopic (exact) mass is 383 g/mol. The van der Waals surface area contributed by atoms with Gasteiger partial charge < -0.3 is 10.2 Å². The summed E-state index contributed by atoms with van der Waals surface area (Å²) in [4.78, 5) is 14.4. The average Bonchev–Trinajstić information content (AvgIpc) is 3.16. The maximum absolute atomic E-state index is 14.6. The number of aryl methyl sites for hydroxylation is 1. The van der Waals surface area contributed by atoms with Crippen molar-refractivity contribution in [3.63, 3.8) is 0 Å². The molecule has 0 atom stereocenters. The van der Waals surface area contributed by atoms with Crippen molar-refractivity contribution in [3.05, 3.63) is 63.9 Å². The molecule has 27 heavy (non-hydrogen) atoms. The summed E-state index contributed by atoms with van der Waals surface area (Å²) in [5.41, 5.74) is 2.27. The van der Waals surface area contributed by atoms with Crippen LogP contribution < -0.4 is 10.2 Å². The molecule has 1 saturated heterocycles. The first-order valence-electron chi connectivity index (χ1n) is 8.72. The first-order valence-corrected chi connectivity index (χ1v) is 9.09. The molecule has 1 aliphatic rings. The maximum atomic E-state index is 14.6. The molecule has 1 aliphatic heterocycles. The third-order valence-corrected chi connectivity index (χ3v) is 4.76. The third kappa shape index (κ3) is 4.47. The van der Waals surface area contributed by atoms with Crippen LogP contribution in [0.1, 0.15) is 24.0 Å². The number of nitrogens with one attached hydrogen (secondary N) is 1.